The summed E-state index contributed by atoms with van der Waals surface area (Å²) in [7, 11) is 0. The fourth-order valence-electron chi connectivity index (χ4n) is 2.03. The highest BCUT2D eigenvalue weighted by Gasteiger charge is 2.17. The number of ether oxygens (including phenoxy) is 1. The SMILES string of the molecule is C[C@H](OC(=O)C=Cc1ccccc1[N+](=O)[O-])C(=O)Nc1cccc(Cl)c1. The van der Waals surface area contributed by atoms with Gasteiger partial charge in [0, 0.05) is 22.9 Å². The zero-order valence-corrected chi connectivity index (χ0v) is 14.5. The molecule has 0 spiro atoms. The lowest BCUT2D eigenvalue weighted by molar-refractivity contribution is -0.385. The molecule has 8 heteroatoms. The van der Waals surface area contributed by atoms with Gasteiger partial charge in [-0.1, -0.05) is 29.8 Å². The number of nitro benzene ring substituents is 1. The Bertz CT molecular complexity index is 866. The summed E-state index contributed by atoms with van der Waals surface area (Å²) in [6, 6.07) is 12.5. The number of para-hydroxylation sites is 1. The summed E-state index contributed by atoms with van der Waals surface area (Å²) in [5.74, 6) is -1.32. The number of anilines is 1. The molecule has 2 aromatic carbocycles. The third-order valence-electron chi connectivity index (χ3n) is 3.29. The van der Waals surface area contributed by atoms with Crippen LogP contribution in [0.25, 0.3) is 6.08 Å². The first-order valence-corrected chi connectivity index (χ1v) is 7.93. The second kappa shape index (κ2) is 8.77. The predicted octanol–water partition coefficient (Wildman–Crippen LogP) is 3.83. The average molecular weight is 375 g/mol. The highest BCUT2D eigenvalue weighted by Crippen LogP contribution is 2.19. The van der Waals surface area contributed by atoms with Crippen LogP contribution in [0.15, 0.2) is 54.6 Å². The van der Waals surface area contributed by atoms with Crippen molar-refractivity contribution >= 4 is 40.9 Å². The van der Waals surface area contributed by atoms with Crippen LogP contribution in [0.2, 0.25) is 5.02 Å². The lowest BCUT2D eigenvalue weighted by Crippen LogP contribution is -2.29. The van der Waals surface area contributed by atoms with Gasteiger partial charge in [0.15, 0.2) is 6.10 Å². The first kappa shape index (κ1) is 19.1. The fraction of sp³-hybridized carbons (Fsp3) is 0.111. The van der Waals surface area contributed by atoms with Gasteiger partial charge >= 0.3 is 5.97 Å². The van der Waals surface area contributed by atoms with Gasteiger partial charge in [0.2, 0.25) is 0 Å². The number of nitrogens with one attached hydrogen (secondary N) is 1. The molecule has 0 unspecified atom stereocenters. The number of benzene rings is 2. The number of nitro groups is 1. The molecule has 0 aromatic heterocycles. The van der Waals surface area contributed by atoms with E-state index in [9.17, 15) is 19.7 Å². The van der Waals surface area contributed by atoms with Gasteiger partial charge in [-0.05, 0) is 37.3 Å². The minimum Gasteiger partial charge on any atom is -0.449 e. The Morgan fingerprint density at radius 3 is 2.65 bits per heavy atom. The van der Waals surface area contributed by atoms with Crippen molar-refractivity contribution in [2.45, 2.75) is 13.0 Å². The van der Waals surface area contributed by atoms with Crippen LogP contribution in [0.4, 0.5) is 11.4 Å². The summed E-state index contributed by atoms with van der Waals surface area (Å²) in [6.07, 6.45) is 1.24. The highest BCUT2D eigenvalue weighted by molar-refractivity contribution is 6.30. The summed E-state index contributed by atoms with van der Waals surface area (Å²) < 4.78 is 5.00. The van der Waals surface area contributed by atoms with Crippen molar-refractivity contribution in [3.63, 3.8) is 0 Å². The molecule has 1 atom stereocenters. The molecular weight excluding hydrogens is 360 g/mol. The summed E-state index contributed by atoms with van der Waals surface area (Å²) in [5, 5.41) is 14.0. The quantitative estimate of drug-likeness (QED) is 0.358. The van der Waals surface area contributed by atoms with Gasteiger partial charge in [-0.2, -0.15) is 0 Å². The minimum absolute atomic E-state index is 0.136. The van der Waals surface area contributed by atoms with E-state index in [1.54, 1.807) is 30.3 Å². The smallest absolute Gasteiger partial charge is 0.331 e. The molecular formula is C18H15ClN2O5. The Labute approximate surface area is 154 Å². The van der Waals surface area contributed by atoms with Gasteiger partial charge in [-0.15, -0.1) is 0 Å². The van der Waals surface area contributed by atoms with E-state index in [0.717, 1.165) is 6.08 Å². The number of halogens is 1. The lowest BCUT2D eigenvalue weighted by atomic mass is 10.1. The first-order chi connectivity index (χ1) is 12.4. The molecule has 0 radical (unpaired) electrons. The lowest BCUT2D eigenvalue weighted by Gasteiger charge is -2.12. The zero-order valence-electron chi connectivity index (χ0n) is 13.7. The summed E-state index contributed by atoms with van der Waals surface area (Å²) >= 11 is 5.83. The number of carbonyl (C=O) groups is 2. The van der Waals surface area contributed by atoms with Crippen molar-refractivity contribution in [1.82, 2.24) is 0 Å². The van der Waals surface area contributed by atoms with Gasteiger partial charge in [0.25, 0.3) is 11.6 Å². The third kappa shape index (κ3) is 5.42. The summed E-state index contributed by atoms with van der Waals surface area (Å²) in [4.78, 5) is 34.2. The number of carbonyl (C=O) groups excluding carboxylic acids is 2. The largest absolute Gasteiger partial charge is 0.449 e. The number of amides is 1. The van der Waals surface area contributed by atoms with Crippen LogP contribution in [0, 0.1) is 10.1 Å². The Hall–Kier alpha value is -3.19. The maximum Gasteiger partial charge on any atom is 0.331 e. The molecule has 1 amide bonds. The Morgan fingerprint density at radius 2 is 1.96 bits per heavy atom. The van der Waals surface area contributed by atoms with E-state index in [1.807, 2.05) is 0 Å². The first-order valence-electron chi connectivity index (χ1n) is 7.55. The molecule has 134 valence electrons. The molecule has 0 saturated heterocycles. The van der Waals surface area contributed by atoms with Crippen LogP contribution in [-0.4, -0.2) is 22.9 Å². The highest BCUT2D eigenvalue weighted by atomic mass is 35.5. The molecule has 1 N–H and O–H groups in total. The van der Waals surface area contributed by atoms with Crippen molar-refractivity contribution in [1.29, 1.82) is 0 Å². The molecule has 7 nitrogen and oxygen atoms in total. The fourth-order valence-corrected chi connectivity index (χ4v) is 2.22. The van der Waals surface area contributed by atoms with E-state index < -0.39 is 22.9 Å². The van der Waals surface area contributed by atoms with Crippen molar-refractivity contribution in [3.05, 3.63) is 75.3 Å². The summed E-state index contributed by atoms with van der Waals surface area (Å²) in [6.45, 7) is 1.41. The normalized spacial score (nSPS) is 11.8. The van der Waals surface area contributed by atoms with Crippen LogP contribution in [0.1, 0.15) is 12.5 Å². The van der Waals surface area contributed by atoms with Gasteiger partial charge < -0.3 is 10.1 Å². The van der Waals surface area contributed by atoms with E-state index in [4.69, 9.17) is 16.3 Å². The predicted molar refractivity (Wildman–Crippen MR) is 97.8 cm³/mol. The van der Waals surface area contributed by atoms with E-state index in [1.165, 1.54) is 31.2 Å². The van der Waals surface area contributed by atoms with E-state index in [0.29, 0.717) is 10.7 Å². The van der Waals surface area contributed by atoms with Crippen molar-refractivity contribution in [3.8, 4) is 0 Å². The topological polar surface area (TPSA) is 98.5 Å². The van der Waals surface area contributed by atoms with E-state index in [-0.39, 0.29) is 11.3 Å². The molecule has 0 aliphatic heterocycles. The second-order valence-corrected chi connectivity index (χ2v) is 5.66. The standard InChI is InChI=1S/C18H15ClN2O5/c1-12(18(23)20-15-7-4-6-14(19)11-15)26-17(22)10-9-13-5-2-3-8-16(13)21(24)25/h2-12H,1H3,(H,20,23)/t12-/m0/s1. The summed E-state index contributed by atoms with van der Waals surface area (Å²) in [5.41, 5.74) is 0.592. The van der Waals surface area contributed by atoms with Crippen LogP contribution >= 0.6 is 11.6 Å². The molecule has 2 rings (SSSR count). The van der Waals surface area contributed by atoms with Gasteiger partial charge in [0.05, 0.1) is 10.5 Å². The van der Waals surface area contributed by atoms with Crippen LogP contribution in [0.3, 0.4) is 0 Å². The number of nitrogens with zero attached hydrogens (tertiary/aromatic N) is 1. The molecule has 2 aromatic rings. The number of esters is 1. The molecule has 0 saturated carbocycles. The van der Waals surface area contributed by atoms with Crippen LogP contribution < -0.4 is 5.32 Å². The molecule has 0 aliphatic carbocycles. The third-order valence-corrected chi connectivity index (χ3v) is 3.52. The van der Waals surface area contributed by atoms with E-state index >= 15 is 0 Å². The van der Waals surface area contributed by atoms with Crippen molar-refractivity contribution < 1.29 is 19.2 Å². The number of hydrogen-bond donors (Lipinski definition) is 1. The molecule has 0 aliphatic rings. The number of rotatable bonds is 6. The van der Waals surface area contributed by atoms with Gasteiger partial charge in [-0.3, -0.25) is 14.9 Å². The zero-order chi connectivity index (χ0) is 19.1. The van der Waals surface area contributed by atoms with Crippen LogP contribution in [0.5, 0.6) is 0 Å². The maximum atomic E-state index is 12.0. The Morgan fingerprint density at radius 1 is 1.23 bits per heavy atom. The molecule has 0 bridgehead atoms. The van der Waals surface area contributed by atoms with Crippen molar-refractivity contribution in [2.24, 2.45) is 0 Å². The Balaban J connectivity index is 1.96. The monoisotopic (exact) mass is 374 g/mol. The number of hydrogen-bond acceptors (Lipinski definition) is 5. The molecule has 0 fully saturated rings. The molecule has 0 heterocycles. The van der Waals surface area contributed by atoms with Crippen molar-refractivity contribution in [2.75, 3.05) is 5.32 Å². The van der Waals surface area contributed by atoms with Gasteiger partial charge in [-0.25, -0.2) is 4.79 Å². The second-order valence-electron chi connectivity index (χ2n) is 5.23. The molecule has 26 heavy (non-hydrogen) atoms. The maximum absolute atomic E-state index is 12.0. The van der Waals surface area contributed by atoms with Crippen LogP contribution in [-0.2, 0) is 14.3 Å². The minimum atomic E-state index is -1.06. The van der Waals surface area contributed by atoms with E-state index in [2.05, 4.69) is 5.32 Å². The average Bonchev–Trinajstić information content (AvgIpc) is 2.60. The Kier molecular flexibility index (Phi) is 6.46. The van der Waals surface area contributed by atoms with Gasteiger partial charge in [0.1, 0.15) is 0 Å².